The van der Waals surface area contributed by atoms with Gasteiger partial charge in [0.25, 0.3) is 0 Å². The number of carbonyl (C=O) groups is 1. The predicted molar refractivity (Wildman–Crippen MR) is 75.9 cm³/mol. The van der Waals surface area contributed by atoms with Crippen LogP contribution in [0.5, 0.6) is 0 Å². The lowest BCUT2D eigenvalue weighted by Gasteiger charge is -2.04. The van der Waals surface area contributed by atoms with E-state index in [4.69, 9.17) is 0 Å². The number of benzene rings is 1. The number of hydrogen-bond donors (Lipinski definition) is 1. The monoisotopic (exact) mass is 302 g/mol. The smallest absolute Gasteiger partial charge is 0.135 e. The molecule has 1 N–H and O–H groups in total. The van der Waals surface area contributed by atoms with Crippen molar-refractivity contribution in [3.8, 4) is 22.5 Å². The van der Waals surface area contributed by atoms with E-state index < -0.39 is 11.6 Å². The molecule has 0 aliphatic heterocycles. The van der Waals surface area contributed by atoms with Gasteiger partial charge >= 0.3 is 0 Å². The molecule has 0 unspecified atom stereocenters. The van der Waals surface area contributed by atoms with Gasteiger partial charge in [0.15, 0.2) is 0 Å². The number of aromatic nitrogens is 4. The third kappa shape index (κ3) is 2.52. The maximum atomic E-state index is 14.1. The van der Waals surface area contributed by atoms with Gasteiger partial charge in [0, 0.05) is 25.2 Å². The number of aryl methyl sites for hydroxylation is 1. The van der Waals surface area contributed by atoms with E-state index >= 15 is 0 Å². The first-order valence-corrected chi connectivity index (χ1v) is 6.55. The third-order valence-electron chi connectivity index (χ3n) is 3.27. The van der Waals surface area contributed by atoms with E-state index in [0.717, 1.165) is 17.7 Å². The van der Waals surface area contributed by atoms with E-state index in [1.165, 1.54) is 0 Å². The normalized spacial score (nSPS) is 10.9. The maximum absolute atomic E-state index is 14.1. The molecule has 0 atom stereocenters. The van der Waals surface area contributed by atoms with E-state index in [1.54, 1.807) is 30.2 Å². The van der Waals surface area contributed by atoms with Gasteiger partial charge in [-0.25, -0.2) is 8.78 Å². The van der Waals surface area contributed by atoms with Crippen LogP contribution in [0, 0.1) is 11.6 Å². The van der Waals surface area contributed by atoms with E-state index in [1.807, 2.05) is 0 Å². The second-order valence-electron chi connectivity index (χ2n) is 4.87. The second kappa shape index (κ2) is 5.51. The van der Waals surface area contributed by atoms with Crippen molar-refractivity contribution in [2.24, 2.45) is 7.05 Å². The minimum atomic E-state index is -0.738. The fourth-order valence-corrected chi connectivity index (χ4v) is 2.25. The molecule has 112 valence electrons. The molecular weight excluding hydrogens is 290 g/mol. The molecule has 3 rings (SSSR count). The summed E-state index contributed by atoms with van der Waals surface area (Å²) < 4.78 is 29.8. The Labute approximate surface area is 124 Å². The standard InChI is InChI=1S/C15H12F2N4O/c1-21-8-10(7-18-21)13-6-14(20-19-13)15-11(16)4-9(2-3-22)5-12(15)17/h3-8H,2H2,1H3,(H,19,20). The third-order valence-corrected chi connectivity index (χ3v) is 3.27. The Morgan fingerprint density at radius 1 is 1.27 bits per heavy atom. The molecule has 1 aromatic carbocycles. The van der Waals surface area contributed by atoms with Gasteiger partial charge < -0.3 is 4.79 Å². The van der Waals surface area contributed by atoms with Crippen molar-refractivity contribution >= 4 is 6.29 Å². The first-order valence-electron chi connectivity index (χ1n) is 6.55. The molecule has 0 bridgehead atoms. The second-order valence-corrected chi connectivity index (χ2v) is 4.87. The van der Waals surface area contributed by atoms with Crippen molar-refractivity contribution < 1.29 is 13.6 Å². The number of nitrogens with one attached hydrogen (secondary N) is 1. The molecule has 0 spiro atoms. The van der Waals surface area contributed by atoms with Crippen molar-refractivity contribution in [2.45, 2.75) is 6.42 Å². The highest BCUT2D eigenvalue weighted by molar-refractivity contribution is 5.69. The molecule has 5 nitrogen and oxygen atoms in total. The molecule has 0 aliphatic rings. The summed E-state index contributed by atoms with van der Waals surface area (Å²) in [7, 11) is 1.77. The minimum absolute atomic E-state index is 0.0297. The quantitative estimate of drug-likeness (QED) is 0.753. The Kier molecular flexibility index (Phi) is 3.54. The number of rotatable bonds is 4. The molecule has 22 heavy (non-hydrogen) atoms. The summed E-state index contributed by atoms with van der Waals surface area (Å²) in [4.78, 5) is 10.4. The van der Waals surface area contributed by atoms with Crippen molar-refractivity contribution in [1.82, 2.24) is 20.0 Å². The summed E-state index contributed by atoms with van der Waals surface area (Å²) in [6.45, 7) is 0. The van der Waals surface area contributed by atoms with Gasteiger partial charge in [0.1, 0.15) is 17.9 Å². The first kappa shape index (κ1) is 14.1. The van der Waals surface area contributed by atoms with Gasteiger partial charge in [-0.05, 0) is 23.8 Å². The predicted octanol–water partition coefficient (Wildman–Crippen LogP) is 2.50. The number of aldehydes is 1. The average Bonchev–Trinajstić information content (AvgIpc) is 3.07. The first-order chi connectivity index (χ1) is 10.6. The van der Waals surface area contributed by atoms with Crippen LogP contribution in [0.4, 0.5) is 8.78 Å². The topological polar surface area (TPSA) is 63.6 Å². The van der Waals surface area contributed by atoms with E-state index in [0.29, 0.717) is 17.5 Å². The summed E-state index contributed by atoms with van der Waals surface area (Å²) in [5, 5.41) is 10.7. The zero-order chi connectivity index (χ0) is 15.7. The molecule has 0 saturated heterocycles. The van der Waals surface area contributed by atoms with Crippen LogP contribution < -0.4 is 0 Å². The molecule has 0 radical (unpaired) electrons. The highest BCUT2D eigenvalue weighted by Crippen LogP contribution is 2.28. The maximum Gasteiger partial charge on any atom is 0.135 e. The van der Waals surface area contributed by atoms with E-state index in [-0.39, 0.29) is 17.7 Å². The van der Waals surface area contributed by atoms with Crippen LogP contribution in [0.2, 0.25) is 0 Å². The largest absolute Gasteiger partial charge is 0.303 e. The molecule has 3 aromatic rings. The number of hydrogen-bond acceptors (Lipinski definition) is 3. The van der Waals surface area contributed by atoms with Crippen LogP contribution in [0.15, 0.2) is 30.6 Å². The number of aromatic amines is 1. The van der Waals surface area contributed by atoms with Crippen molar-refractivity contribution in [3.63, 3.8) is 0 Å². The van der Waals surface area contributed by atoms with Crippen LogP contribution in [0.1, 0.15) is 5.56 Å². The summed E-state index contributed by atoms with van der Waals surface area (Å²) in [5.74, 6) is -1.48. The number of nitrogens with zero attached hydrogens (tertiary/aromatic N) is 3. The molecule has 7 heteroatoms. The Hall–Kier alpha value is -2.83. The van der Waals surface area contributed by atoms with E-state index in [2.05, 4.69) is 15.3 Å². The van der Waals surface area contributed by atoms with Crippen LogP contribution >= 0.6 is 0 Å². The van der Waals surface area contributed by atoms with Crippen molar-refractivity contribution in [2.75, 3.05) is 0 Å². The van der Waals surface area contributed by atoms with Gasteiger partial charge in [-0.2, -0.15) is 10.2 Å². The highest BCUT2D eigenvalue weighted by Gasteiger charge is 2.16. The summed E-state index contributed by atoms with van der Waals surface area (Å²) in [6.07, 6.45) is 3.93. The summed E-state index contributed by atoms with van der Waals surface area (Å²) in [6, 6.07) is 3.85. The van der Waals surface area contributed by atoms with Crippen LogP contribution in [-0.4, -0.2) is 26.3 Å². The Bertz CT molecular complexity index is 815. The van der Waals surface area contributed by atoms with Gasteiger partial charge in [-0.1, -0.05) is 0 Å². The average molecular weight is 302 g/mol. The molecule has 0 fully saturated rings. The Balaban J connectivity index is 2.01. The minimum Gasteiger partial charge on any atom is -0.303 e. The SMILES string of the molecule is Cn1cc(-c2cc(-c3c(F)cc(CC=O)cc3F)[nH]n2)cn1. The Morgan fingerprint density at radius 3 is 2.59 bits per heavy atom. The fraction of sp³-hybridized carbons (Fsp3) is 0.133. The summed E-state index contributed by atoms with van der Waals surface area (Å²) >= 11 is 0. The number of carbonyl (C=O) groups excluding carboxylic acids is 1. The lowest BCUT2D eigenvalue weighted by Crippen LogP contribution is -1.95. The van der Waals surface area contributed by atoms with Crippen molar-refractivity contribution in [3.05, 3.63) is 47.8 Å². The van der Waals surface area contributed by atoms with Crippen molar-refractivity contribution in [1.29, 1.82) is 0 Å². The summed E-state index contributed by atoms with van der Waals surface area (Å²) in [5.41, 5.74) is 1.60. The van der Waals surface area contributed by atoms with Crippen LogP contribution in [-0.2, 0) is 18.3 Å². The highest BCUT2D eigenvalue weighted by atomic mass is 19.1. The van der Waals surface area contributed by atoms with Gasteiger partial charge in [0.05, 0.1) is 23.1 Å². The molecule has 0 amide bonds. The number of H-pyrrole nitrogens is 1. The Morgan fingerprint density at radius 2 is 2.00 bits per heavy atom. The fourth-order valence-electron chi connectivity index (χ4n) is 2.25. The van der Waals surface area contributed by atoms with Gasteiger partial charge in [0.2, 0.25) is 0 Å². The number of halogens is 2. The van der Waals surface area contributed by atoms with Crippen LogP contribution in [0.3, 0.4) is 0 Å². The van der Waals surface area contributed by atoms with Gasteiger partial charge in [-0.15, -0.1) is 0 Å². The molecule has 2 aromatic heterocycles. The molecule has 0 saturated carbocycles. The lowest BCUT2D eigenvalue weighted by molar-refractivity contribution is -0.107. The van der Waals surface area contributed by atoms with Crippen LogP contribution in [0.25, 0.3) is 22.5 Å². The van der Waals surface area contributed by atoms with Gasteiger partial charge in [-0.3, -0.25) is 9.78 Å². The zero-order valence-electron chi connectivity index (χ0n) is 11.7. The molecule has 2 heterocycles. The molecule has 0 aliphatic carbocycles. The van der Waals surface area contributed by atoms with E-state index in [9.17, 15) is 13.6 Å². The molecular formula is C15H12F2N4O. The zero-order valence-corrected chi connectivity index (χ0v) is 11.7. The lowest BCUT2D eigenvalue weighted by atomic mass is 10.0.